The number of rotatable bonds is 3. The number of allylic oxidation sites excluding steroid dienone is 3. The van der Waals surface area contributed by atoms with E-state index in [0.717, 1.165) is 0 Å². The van der Waals surface area contributed by atoms with Crippen LogP contribution in [0.3, 0.4) is 0 Å². The number of hydrogen-bond donors (Lipinski definition) is 0. The molecule has 10 rings (SSSR count). The zero-order valence-corrected chi connectivity index (χ0v) is 29.8. The smallest absolute Gasteiger partial charge is 0.0468 e. The van der Waals surface area contributed by atoms with Crippen LogP contribution in [-0.2, 0) is 10.8 Å². The van der Waals surface area contributed by atoms with Gasteiger partial charge in [-0.05, 0) is 92.5 Å². The molecule has 0 fully saturated rings. The van der Waals surface area contributed by atoms with E-state index >= 15 is 0 Å². The Bertz CT molecular complexity index is 2550. The Kier molecular flexibility index (Phi) is 6.27. The zero-order valence-electron chi connectivity index (χ0n) is 28.2. The Morgan fingerprint density at radius 3 is 2.18 bits per heavy atom. The van der Waals surface area contributed by atoms with Crippen LogP contribution in [0.15, 0.2) is 144 Å². The van der Waals surface area contributed by atoms with Crippen LogP contribution in [0, 0.1) is 0 Å². The van der Waals surface area contributed by atoms with Crippen LogP contribution in [0.5, 0.6) is 0 Å². The van der Waals surface area contributed by atoms with Gasteiger partial charge in [-0.1, -0.05) is 119 Å². The fraction of sp³-hybridized carbons (Fsp3) is 0.174. The molecule has 0 amide bonds. The highest BCUT2D eigenvalue weighted by molar-refractivity contribution is 8.00. The number of thioether (sulfide) groups is 1. The number of nitrogens with zero attached hydrogens (tertiary/aromatic N) is 1. The Hall–Kier alpha value is -4.57. The van der Waals surface area contributed by atoms with Crippen molar-refractivity contribution in [3.8, 4) is 11.1 Å². The van der Waals surface area contributed by atoms with Crippen LogP contribution < -0.4 is 4.90 Å². The first kappa shape index (κ1) is 29.4. The summed E-state index contributed by atoms with van der Waals surface area (Å²) in [5, 5.41) is 5.90. The maximum atomic E-state index is 2.47. The van der Waals surface area contributed by atoms with Gasteiger partial charge in [-0.2, -0.15) is 0 Å². The first-order valence-corrected chi connectivity index (χ1v) is 19.0. The molecule has 0 radical (unpaired) electrons. The van der Waals surface area contributed by atoms with Gasteiger partial charge in [0.2, 0.25) is 0 Å². The molecule has 0 bridgehead atoms. The van der Waals surface area contributed by atoms with Crippen LogP contribution >= 0.6 is 23.1 Å². The summed E-state index contributed by atoms with van der Waals surface area (Å²) >= 11 is 3.96. The molecule has 2 aliphatic carbocycles. The lowest BCUT2D eigenvalue weighted by Crippen LogP contribution is -2.43. The van der Waals surface area contributed by atoms with E-state index in [-0.39, 0.29) is 10.8 Å². The van der Waals surface area contributed by atoms with Crippen LogP contribution in [0.25, 0.3) is 42.1 Å². The second-order valence-electron chi connectivity index (χ2n) is 14.8. The van der Waals surface area contributed by atoms with Crippen LogP contribution in [-0.4, -0.2) is 5.25 Å². The van der Waals surface area contributed by atoms with Crippen molar-refractivity contribution in [2.75, 3.05) is 4.90 Å². The van der Waals surface area contributed by atoms with Gasteiger partial charge >= 0.3 is 0 Å². The molecule has 3 aliphatic rings. The summed E-state index contributed by atoms with van der Waals surface area (Å²) in [6.45, 7) is 9.82. The number of para-hydroxylation sites is 1. The van der Waals surface area contributed by atoms with E-state index in [0.29, 0.717) is 11.2 Å². The topological polar surface area (TPSA) is 3.24 Å². The molecule has 3 heteroatoms. The molecule has 0 spiro atoms. The molecule has 2 atom stereocenters. The predicted molar refractivity (Wildman–Crippen MR) is 214 cm³/mol. The number of thiophene rings is 1. The maximum Gasteiger partial charge on any atom is 0.0468 e. The van der Waals surface area contributed by atoms with Crippen molar-refractivity contribution in [3.05, 3.63) is 156 Å². The van der Waals surface area contributed by atoms with Crippen molar-refractivity contribution in [2.45, 2.75) is 54.6 Å². The van der Waals surface area contributed by atoms with E-state index in [1.807, 2.05) is 23.1 Å². The van der Waals surface area contributed by atoms with Crippen molar-refractivity contribution < 1.29 is 0 Å². The molecule has 7 aromatic rings. The Labute approximate surface area is 296 Å². The minimum Gasteiger partial charge on any atom is -0.310 e. The number of anilines is 3. The Morgan fingerprint density at radius 1 is 0.612 bits per heavy atom. The van der Waals surface area contributed by atoms with E-state index < -0.39 is 0 Å². The van der Waals surface area contributed by atoms with Gasteiger partial charge in [-0.15, -0.1) is 23.1 Å². The average Bonchev–Trinajstić information content (AvgIpc) is 3.69. The van der Waals surface area contributed by atoms with E-state index in [4.69, 9.17) is 0 Å². The molecule has 6 aromatic carbocycles. The first-order valence-electron chi connectivity index (χ1n) is 17.3. The van der Waals surface area contributed by atoms with Gasteiger partial charge in [-0.3, -0.25) is 0 Å². The lowest BCUT2D eigenvalue weighted by Gasteiger charge is -2.48. The van der Waals surface area contributed by atoms with E-state index in [2.05, 4.69) is 172 Å². The normalized spacial score (nSPS) is 19.5. The van der Waals surface area contributed by atoms with Gasteiger partial charge in [0.25, 0.3) is 0 Å². The zero-order chi connectivity index (χ0) is 33.1. The fourth-order valence-electron chi connectivity index (χ4n) is 8.80. The highest BCUT2D eigenvalue weighted by Crippen LogP contribution is 2.60. The number of benzene rings is 6. The van der Waals surface area contributed by atoms with E-state index in [1.54, 1.807) is 0 Å². The van der Waals surface area contributed by atoms with Crippen molar-refractivity contribution >= 4 is 71.1 Å². The predicted octanol–water partition coefficient (Wildman–Crippen LogP) is 13.6. The standard InChI is InChI=1S/C46H37NS2/c1-45(2)37-20-12-10-19-34(37)41-32-17-8-9-18-33(32)42-36-27-30(23-25-40(36)49-44(42)43(41)46(45,3)4)47(28-14-6-5-7-15-28)29-22-24-39-35(26-29)31-16-11-13-21-38(31)48-39/h5-27,31,38H,1-4H3. The third-order valence-electron chi connectivity index (χ3n) is 11.9. The monoisotopic (exact) mass is 667 g/mol. The lowest BCUT2D eigenvalue weighted by molar-refractivity contribution is 0.302. The van der Waals surface area contributed by atoms with Crippen LogP contribution in [0.2, 0.25) is 0 Å². The number of hydrogen-bond acceptors (Lipinski definition) is 3. The summed E-state index contributed by atoms with van der Waals surface area (Å²) in [6, 6.07) is 43.4. The molecule has 0 N–H and O–H groups in total. The summed E-state index contributed by atoms with van der Waals surface area (Å²) in [7, 11) is 0. The molecule has 2 unspecified atom stereocenters. The van der Waals surface area contributed by atoms with Gasteiger partial charge in [0, 0.05) is 58.7 Å². The number of fused-ring (bicyclic) bond motifs is 13. The van der Waals surface area contributed by atoms with Gasteiger partial charge in [0.1, 0.15) is 0 Å². The van der Waals surface area contributed by atoms with Gasteiger partial charge < -0.3 is 4.90 Å². The molecule has 0 saturated heterocycles. The van der Waals surface area contributed by atoms with E-state index in [9.17, 15) is 0 Å². The largest absolute Gasteiger partial charge is 0.310 e. The second kappa shape index (κ2) is 10.5. The van der Waals surface area contributed by atoms with Gasteiger partial charge in [0.05, 0.1) is 0 Å². The molecule has 1 aromatic heterocycles. The van der Waals surface area contributed by atoms with E-state index in [1.165, 1.54) is 80.7 Å². The molecule has 49 heavy (non-hydrogen) atoms. The molecular weight excluding hydrogens is 631 g/mol. The summed E-state index contributed by atoms with van der Waals surface area (Å²) in [5.41, 5.74) is 10.6. The minimum atomic E-state index is -0.0816. The van der Waals surface area contributed by atoms with Gasteiger partial charge in [0.15, 0.2) is 0 Å². The fourth-order valence-corrected chi connectivity index (χ4v) is 11.5. The third kappa shape index (κ3) is 4.06. The first-order chi connectivity index (χ1) is 23.8. The van der Waals surface area contributed by atoms with Crippen LogP contribution in [0.4, 0.5) is 17.1 Å². The highest BCUT2D eigenvalue weighted by atomic mass is 32.2. The molecule has 2 heterocycles. The lowest BCUT2D eigenvalue weighted by atomic mass is 9.55. The second-order valence-corrected chi connectivity index (χ2v) is 17.1. The SMILES string of the molecule is CC1(C)c2ccccc2-c2c(c3sc4ccc(N(c5ccccc5)c5ccc6c(c5)C5C=CC=CC5S6)cc4c3c3ccccc23)C1(C)C. The third-order valence-corrected chi connectivity index (χ3v) is 14.4. The average molecular weight is 668 g/mol. The van der Waals surface area contributed by atoms with Crippen molar-refractivity contribution in [1.29, 1.82) is 0 Å². The molecule has 0 saturated carbocycles. The van der Waals surface area contributed by atoms with Crippen molar-refractivity contribution in [2.24, 2.45) is 0 Å². The quantitative estimate of drug-likeness (QED) is 0.184. The minimum absolute atomic E-state index is 0.0361. The Morgan fingerprint density at radius 2 is 1.33 bits per heavy atom. The van der Waals surface area contributed by atoms with Crippen molar-refractivity contribution in [1.82, 2.24) is 0 Å². The molecule has 238 valence electrons. The molecule has 1 aliphatic heterocycles. The summed E-state index contributed by atoms with van der Waals surface area (Å²) in [4.78, 5) is 3.85. The molecule has 1 nitrogen and oxygen atoms in total. The van der Waals surface area contributed by atoms with Gasteiger partial charge in [-0.25, -0.2) is 0 Å². The summed E-state index contributed by atoms with van der Waals surface area (Å²) < 4.78 is 2.77. The van der Waals surface area contributed by atoms with Crippen LogP contribution in [0.1, 0.15) is 50.3 Å². The summed E-state index contributed by atoms with van der Waals surface area (Å²) in [6.07, 6.45) is 9.12. The summed E-state index contributed by atoms with van der Waals surface area (Å²) in [5.74, 6) is 0.418. The Balaban J connectivity index is 1.24. The van der Waals surface area contributed by atoms with Crippen molar-refractivity contribution in [3.63, 3.8) is 0 Å². The maximum absolute atomic E-state index is 2.47. The molecular formula is C46H37NS2. The highest BCUT2D eigenvalue weighted by Gasteiger charge is 2.47.